The molecule has 0 bridgehead atoms. The van der Waals surface area contributed by atoms with Crippen molar-refractivity contribution in [2.45, 2.75) is 12.7 Å². The van der Waals surface area contributed by atoms with Crippen LogP contribution in [-0.4, -0.2) is 12.0 Å². The second-order valence-electron chi connectivity index (χ2n) is 4.58. The largest absolute Gasteiger partial charge is 0.416 e. The van der Waals surface area contributed by atoms with Crippen molar-refractivity contribution in [3.8, 4) is 0 Å². The fourth-order valence-corrected chi connectivity index (χ4v) is 2.27. The minimum absolute atomic E-state index is 0.154. The van der Waals surface area contributed by atoms with Gasteiger partial charge in [0.15, 0.2) is 0 Å². The Labute approximate surface area is 128 Å². The molecule has 112 valence electrons. The van der Waals surface area contributed by atoms with Crippen molar-refractivity contribution in [1.82, 2.24) is 4.98 Å². The molecule has 0 spiro atoms. The minimum Gasteiger partial charge on any atom is -0.384 e. The van der Waals surface area contributed by atoms with Gasteiger partial charge in [-0.15, -0.1) is 0 Å². The number of hydrogen-bond donors (Lipinski definition) is 1. The van der Waals surface area contributed by atoms with Gasteiger partial charge in [0.1, 0.15) is 11.6 Å². The number of aromatic nitrogens is 1. The van der Waals surface area contributed by atoms with Crippen LogP contribution in [0.3, 0.4) is 0 Å². The summed E-state index contributed by atoms with van der Waals surface area (Å²) >= 11 is 3.41. The number of anilines is 2. The van der Waals surface area contributed by atoms with Crippen LogP contribution in [0.1, 0.15) is 11.1 Å². The zero-order valence-electron chi connectivity index (χ0n) is 11.2. The Balaban J connectivity index is 2.29. The van der Waals surface area contributed by atoms with Crippen molar-refractivity contribution >= 4 is 27.6 Å². The van der Waals surface area contributed by atoms with Crippen LogP contribution in [-0.2, 0) is 12.7 Å². The second-order valence-corrected chi connectivity index (χ2v) is 5.44. The Morgan fingerprint density at radius 2 is 1.90 bits per heavy atom. The molecular weight excluding hydrogens is 347 g/mol. The molecule has 0 radical (unpaired) electrons. The molecule has 0 fully saturated rings. The smallest absolute Gasteiger partial charge is 0.384 e. The number of nitrogen functional groups attached to an aromatic ring is 1. The fourth-order valence-electron chi connectivity index (χ4n) is 1.86. The number of nitrogens with zero attached hydrogens (tertiary/aromatic N) is 2. The molecule has 0 aliphatic heterocycles. The lowest BCUT2D eigenvalue weighted by Crippen LogP contribution is -2.19. The van der Waals surface area contributed by atoms with Crippen LogP contribution < -0.4 is 10.6 Å². The number of rotatable bonds is 3. The quantitative estimate of drug-likeness (QED) is 0.897. The van der Waals surface area contributed by atoms with Crippen molar-refractivity contribution in [3.63, 3.8) is 0 Å². The van der Waals surface area contributed by atoms with E-state index in [1.807, 2.05) is 24.3 Å². The molecule has 21 heavy (non-hydrogen) atoms. The number of pyridine rings is 1. The highest BCUT2D eigenvalue weighted by Gasteiger charge is 2.31. The van der Waals surface area contributed by atoms with Gasteiger partial charge in [0, 0.05) is 18.1 Å². The SMILES string of the molecule is CN(Cc1ccccc1Br)c1cc(C(F)(F)F)cc(N)n1. The lowest BCUT2D eigenvalue weighted by atomic mass is 10.2. The Bertz CT molecular complexity index is 644. The maximum Gasteiger partial charge on any atom is 0.416 e. The van der Waals surface area contributed by atoms with E-state index in [1.54, 1.807) is 11.9 Å². The standard InChI is InChI=1S/C14H13BrF3N3/c1-21(8-9-4-2-3-5-11(9)15)13-7-10(14(16,17)18)6-12(19)20-13/h2-7H,8H2,1H3,(H2,19,20). The first-order valence-electron chi connectivity index (χ1n) is 6.06. The lowest BCUT2D eigenvalue weighted by Gasteiger charge is -2.20. The third kappa shape index (κ3) is 3.87. The third-order valence-corrected chi connectivity index (χ3v) is 3.69. The number of hydrogen-bond acceptors (Lipinski definition) is 3. The molecule has 0 saturated heterocycles. The maximum atomic E-state index is 12.8. The first-order valence-corrected chi connectivity index (χ1v) is 6.86. The van der Waals surface area contributed by atoms with Crippen LogP contribution >= 0.6 is 15.9 Å². The summed E-state index contributed by atoms with van der Waals surface area (Å²) in [5.74, 6) is 0.0249. The third-order valence-electron chi connectivity index (χ3n) is 2.92. The first kappa shape index (κ1) is 15.6. The van der Waals surface area contributed by atoms with Gasteiger partial charge in [-0.2, -0.15) is 13.2 Å². The Morgan fingerprint density at radius 1 is 1.24 bits per heavy atom. The first-order chi connectivity index (χ1) is 9.77. The zero-order valence-corrected chi connectivity index (χ0v) is 12.7. The highest BCUT2D eigenvalue weighted by atomic mass is 79.9. The average molecular weight is 360 g/mol. The normalized spacial score (nSPS) is 11.5. The van der Waals surface area contributed by atoms with Gasteiger partial charge >= 0.3 is 6.18 Å². The molecule has 0 amide bonds. The molecule has 2 rings (SSSR count). The van der Waals surface area contributed by atoms with E-state index in [2.05, 4.69) is 20.9 Å². The Morgan fingerprint density at radius 3 is 2.52 bits per heavy atom. The van der Waals surface area contributed by atoms with Gasteiger partial charge in [0.2, 0.25) is 0 Å². The molecule has 0 aliphatic carbocycles. The summed E-state index contributed by atoms with van der Waals surface area (Å²) in [6.07, 6.45) is -4.44. The van der Waals surface area contributed by atoms with Crippen LogP contribution in [0.5, 0.6) is 0 Å². The summed E-state index contributed by atoms with van der Waals surface area (Å²) < 4.78 is 39.3. The summed E-state index contributed by atoms with van der Waals surface area (Å²) in [6, 6.07) is 9.31. The fraction of sp³-hybridized carbons (Fsp3) is 0.214. The number of nitrogens with two attached hydrogens (primary N) is 1. The van der Waals surface area contributed by atoms with E-state index in [0.717, 1.165) is 22.2 Å². The van der Waals surface area contributed by atoms with Gasteiger partial charge in [0.05, 0.1) is 5.56 Å². The van der Waals surface area contributed by atoms with Crippen LogP contribution in [0.2, 0.25) is 0 Å². The van der Waals surface area contributed by atoms with E-state index in [9.17, 15) is 13.2 Å². The van der Waals surface area contributed by atoms with E-state index >= 15 is 0 Å². The van der Waals surface area contributed by atoms with Gasteiger partial charge in [-0.1, -0.05) is 34.1 Å². The Hall–Kier alpha value is -1.76. The molecule has 0 aliphatic rings. The molecule has 1 heterocycles. The van der Waals surface area contributed by atoms with Crippen molar-refractivity contribution in [2.24, 2.45) is 0 Å². The van der Waals surface area contributed by atoms with E-state index < -0.39 is 11.7 Å². The van der Waals surface area contributed by atoms with Gasteiger partial charge in [-0.25, -0.2) is 4.98 Å². The Kier molecular flexibility index (Phi) is 4.41. The molecule has 2 N–H and O–H groups in total. The summed E-state index contributed by atoms with van der Waals surface area (Å²) in [4.78, 5) is 5.58. The summed E-state index contributed by atoms with van der Waals surface area (Å²) in [5, 5.41) is 0. The van der Waals surface area contributed by atoms with Crippen LogP contribution in [0, 0.1) is 0 Å². The van der Waals surface area contributed by atoms with Crippen molar-refractivity contribution < 1.29 is 13.2 Å². The topological polar surface area (TPSA) is 42.1 Å². The molecule has 1 aromatic carbocycles. The molecule has 1 aromatic heterocycles. The van der Waals surface area contributed by atoms with Gasteiger partial charge in [-0.3, -0.25) is 0 Å². The molecule has 0 atom stereocenters. The number of benzene rings is 1. The molecule has 0 unspecified atom stereocenters. The average Bonchev–Trinajstić information content (AvgIpc) is 2.39. The van der Waals surface area contributed by atoms with Gasteiger partial charge in [-0.05, 0) is 23.8 Å². The molecule has 7 heteroatoms. The number of halogens is 4. The van der Waals surface area contributed by atoms with Crippen molar-refractivity contribution in [2.75, 3.05) is 17.7 Å². The predicted octanol–water partition coefficient (Wildman–Crippen LogP) is 4.08. The lowest BCUT2D eigenvalue weighted by molar-refractivity contribution is -0.137. The van der Waals surface area contributed by atoms with Crippen molar-refractivity contribution in [1.29, 1.82) is 0 Å². The summed E-state index contributed by atoms with van der Waals surface area (Å²) in [6.45, 7) is 0.412. The highest BCUT2D eigenvalue weighted by molar-refractivity contribution is 9.10. The maximum absolute atomic E-state index is 12.8. The van der Waals surface area contributed by atoms with Gasteiger partial charge < -0.3 is 10.6 Å². The van der Waals surface area contributed by atoms with Crippen LogP contribution in [0.15, 0.2) is 40.9 Å². The van der Waals surface area contributed by atoms with E-state index in [1.165, 1.54) is 0 Å². The highest BCUT2D eigenvalue weighted by Crippen LogP contribution is 2.32. The molecule has 0 saturated carbocycles. The summed E-state index contributed by atoms with van der Waals surface area (Å²) in [7, 11) is 1.67. The van der Waals surface area contributed by atoms with Crippen LogP contribution in [0.25, 0.3) is 0 Å². The molecule has 3 nitrogen and oxygen atoms in total. The predicted molar refractivity (Wildman–Crippen MR) is 79.9 cm³/mol. The van der Waals surface area contributed by atoms with E-state index in [4.69, 9.17) is 5.73 Å². The molecular formula is C14H13BrF3N3. The van der Waals surface area contributed by atoms with E-state index in [0.29, 0.717) is 6.54 Å². The minimum atomic E-state index is -4.44. The monoisotopic (exact) mass is 359 g/mol. The zero-order chi connectivity index (χ0) is 15.6. The second kappa shape index (κ2) is 5.93. The van der Waals surface area contributed by atoms with E-state index in [-0.39, 0.29) is 11.6 Å². The van der Waals surface area contributed by atoms with Gasteiger partial charge in [0.25, 0.3) is 0 Å². The summed E-state index contributed by atoms with van der Waals surface area (Å²) in [5.41, 5.74) is 5.61. The molecule has 2 aromatic rings. The van der Waals surface area contributed by atoms with Crippen LogP contribution in [0.4, 0.5) is 24.8 Å². The van der Waals surface area contributed by atoms with Crippen molar-refractivity contribution in [3.05, 3.63) is 52.0 Å². The number of alkyl halides is 3.